The topological polar surface area (TPSA) is 29.4 Å². The first-order valence-electron chi connectivity index (χ1n) is 3.33. The summed E-state index contributed by atoms with van der Waals surface area (Å²) >= 11 is 1.00. The summed E-state index contributed by atoms with van der Waals surface area (Å²) in [6.45, 7) is 4.52. The third kappa shape index (κ3) is 1.53. The maximum absolute atomic E-state index is 11.2. The van der Waals surface area contributed by atoms with Crippen LogP contribution in [-0.4, -0.2) is 22.7 Å². The van der Waals surface area contributed by atoms with Crippen LogP contribution in [-0.2, 0) is 4.79 Å². The van der Waals surface area contributed by atoms with Gasteiger partial charge in [0.15, 0.2) is 5.78 Å². The molecule has 10 heavy (non-hydrogen) atoms. The minimum absolute atomic E-state index is 0.0951. The molecule has 0 aromatic rings. The Morgan fingerprint density at radius 2 is 2.50 bits per heavy atom. The fraction of sp³-hybridized carbons (Fsp3) is 0.571. The average Bonchev–Trinajstić information content (AvgIpc) is 2.36. The monoisotopic (exact) mass is 157 g/mol. The molecule has 0 saturated carbocycles. The Hall–Kier alpha value is -0.440. The molecule has 0 fully saturated rings. The standard InChI is InChI=1S/C7H11NOS/c1-5(2)6(9)7-8-3-4-10-7/h4-5,10H,3H2,1-2H3. The normalized spacial score (nSPS) is 16.9. The van der Waals surface area contributed by atoms with Gasteiger partial charge in [-0.25, -0.2) is 0 Å². The van der Waals surface area contributed by atoms with E-state index in [9.17, 15) is 4.79 Å². The molecule has 0 atom stereocenters. The van der Waals surface area contributed by atoms with Gasteiger partial charge in [-0.2, -0.15) is 11.4 Å². The van der Waals surface area contributed by atoms with Crippen molar-refractivity contribution in [1.29, 1.82) is 0 Å². The number of Topliss-reactive ketones (excluding diaryl/α,β-unsaturated/α-hetero) is 1. The van der Waals surface area contributed by atoms with Gasteiger partial charge in [-0.1, -0.05) is 13.8 Å². The number of carbonyl (C=O) groups is 1. The molecule has 0 spiro atoms. The summed E-state index contributed by atoms with van der Waals surface area (Å²) in [6.07, 6.45) is 0. The molecule has 0 aromatic heterocycles. The molecule has 0 N–H and O–H groups in total. The first-order chi connectivity index (χ1) is 4.72. The zero-order valence-corrected chi connectivity index (χ0v) is 7.06. The molecule has 0 radical (unpaired) electrons. The summed E-state index contributed by atoms with van der Waals surface area (Å²) in [5, 5.41) is 2.73. The molecule has 2 nitrogen and oxygen atoms in total. The fourth-order valence-electron chi connectivity index (χ4n) is 0.695. The smallest absolute Gasteiger partial charge is 0.189 e. The molecule has 1 aliphatic rings. The number of hydrogen-bond donors (Lipinski definition) is 1. The summed E-state index contributed by atoms with van der Waals surface area (Å²) in [4.78, 5) is 15.2. The Morgan fingerprint density at radius 1 is 1.80 bits per heavy atom. The SMILES string of the molecule is CC(C)C(=O)C1=NCC=[SH]1. The lowest BCUT2D eigenvalue weighted by Crippen LogP contribution is -2.14. The average molecular weight is 157 g/mol. The fourth-order valence-corrected chi connectivity index (χ4v) is 1.58. The van der Waals surface area contributed by atoms with Crippen LogP contribution in [0, 0.1) is 5.92 Å². The van der Waals surface area contributed by atoms with Crippen molar-refractivity contribution in [2.75, 3.05) is 6.54 Å². The highest BCUT2D eigenvalue weighted by atomic mass is 32.1. The van der Waals surface area contributed by atoms with E-state index in [1.54, 1.807) is 0 Å². The van der Waals surface area contributed by atoms with Gasteiger partial charge in [0.2, 0.25) is 0 Å². The zero-order valence-electron chi connectivity index (χ0n) is 6.16. The second-order valence-electron chi connectivity index (χ2n) is 2.49. The van der Waals surface area contributed by atoms with E-state index in [0.29, 0.717) is 0 Å². The molecule has 0 bridgehead atoms. The number of thiol groups is 1. The molecule has 3 heteroatoms. The molecule has 1 heterocycles. The number of nitrogens with zero attached hydrogens (tertiary/aromatic N) is 1. The molecule has 0 aliphatic carbocycles. The van der Waals surface area contributed by atoms with E-state index < -0.39 is 0 Å². The molecule has 0 unspecified atom stereocenters. The lowest BCUT2D eigenvalue weighted by atomic mass is 10.1. The number of aliphatic imine (C=N–C) groups is 1. The molecule has 1 rings (SSSR count). The molecular weight excluding hydrogens is 146 g/mol. The van der Waals surface area contributed by atoms with Gasteiger partial charge in [-0.05, 0) is 5.37 Å². The number of carbonyl (C=O) groups excluding carboxylic acids is 1. The maximum Gasteiger partial charge on any atom is 0.189 e. The second-order valence-corrected chi connectivity index (χ2v) is 3.54. The number of rotatable bonds is 2. The van der Waals surface area contributed by atoms with E-state index in [4.69, 9.17) is 0 Å². The highest BCUT2D eigenvalue weighted by Gasteiger charge is 2.13. The van der Waals surface area contributed by atoms with Crippen molar-refractivity contribution >= 4 is 27.5 Å². The van der Waals surface area contributed by atoms with E-state index in [0.717, 1.165) is 22.9 Å². The van der Waals surface area contributed by atoms with Crippen molar-refractivity contribution in [3.63, 3.8) is 0 Å². The van der Waals surface area contributed by atoms with Crippen molar-refractivity contribution in [3.05, 3.63) is 0 Å². The summed E-state index contributed by atoms with van der Waals surface area (Å²) in [5.41, 5.74) is 0. The van der Waals surface area contributed by atoms with Crippen LogP contribution < -0.4 is 0 Å². The number of hydrogen-bond acceptors (Lipinski definition) is 2. The zero-order chi connectivity index (χ0) is 7.56. The molecule has 56 valence electrons. The van der Waals surface area contributed by atoms with Crippen LogP contribution in [0.25, 0.3) is 0 Å². The minimum atomic E-state index is 0.0951. The van der Waals surface area contributed by atoms with Crippen LogP contribution in [0.5, 0.6) is 0 Å². The summed E-state index contributed by atoms with van der Waals surface area (Å²) in [6, 6.07) is 0. The highest BCUT2D eigenvalue weighted by molar-refractivity contribution is 8.14. The Morgan fingerprint density at radius 3 is 2.90 bits per heavy atom. The van der Waals surface area contributed by atoms with Crippen LogP contribution in [0.3, 0.4) is 0 Å². The minimum Gasteiger partial charge on any atom is -0.292 e. The van der Waals surface area contributed by atoms with Gasteiger partial charge in [-0.3, -0.25) is 9.79 Å². The van der Waals surface area contributed by atoms with E-state index >= 15 is 0 Å². The van der Waals surface area contributed by atoms with Crippen LogP contribution in [0.1, 0.15) is 13.8 Å². The van der Waals surface area contributed by atoms with Crippen LogP contribution in [0.4, 0.5) is 0 Å². The van der Waals surface area contributed by atoms with Gasteiger partial charge >= 0.3 is 0 Å². The third-order valence-corrected chi connectivity index (χ3v) is 2.23. The van der Waals surface area contributed by atoms with Crippen molar-refractivity contribution in [3.8, 4) is 0 Å². The Kier molecular flexibility index (Phi) is 2.38. The predicted octanol–water partition coefficient (Wildman–Crippen LogP) is 0.891. The first kappa shape index (κ1) is 7.66. The quantitative estimate of drug-likeness (QED) is 0.468. The van der Waals surface area contributed by atoms with Crippen LogP contribution >= 0.6 is 11.4 Å². The van der Waals surface area contributed by atoms with Gasteiger partial charge in [0.1, 0.15) is 5.04 Å². The van der Waals surface area contributed by atoms with Gasteiger partial charge in [0.25, 0.3) is 0 Å². The van der Waals surface area contributed by atoms with Crippen LogP contribution in [0.2, 0.25) is 0 Å². The van der Waals surface area contributed by atoms with Crippen molar-refractivity contribution in [2.45, 2.75) is 13.8 Å². The molecule has 1 aliphatic heterocycles. The van der Waals surface area contributed by atoms with Gasteiger partial charge in [-0.15, -0.1) is 0 Å². The first-order valence-corrected chi connectivity index (χ1v) is 4.29. The lowest BCUT2D eigenvalue weighted by Gasteiger charge is -1.99. The van der Waals surface area contributed by atoms with Crippen molar-refractivity contribution < 1.29 is 4.79 Å². The summed E-state index contributed by atoms with van der Waals surface area (Å²) in [7, 11) is 0. The van der Waals surface area contributed by atoms with E-state index in [1.807, 2.05) is 19.2 Å². The van der Waals surface area contributed by atoms with Crippen LogP contribution in [0.15, 0.2) is 4.99 Å². The molecule has 0 saturated heterocycles. The Balaban J connectivity index is 2.66. The highest BCUT2D eigenvalue weighted by Crippen LogP contribution is 2.06. The molecule has 0 aromatic carbocycles. The van der Waals surface area contributed by atoms with E-state index in [1.165, 1.54) is 0 Å². The maximum atomic E-state index is 11.2. The van der Waals surface area contributed by atoms with Crippen molar-refractivity contribution in [1.82, 2.24) is 0 Å². The second kappa shape index (κ2) is 3.10. The molecular formula is C7H11NOS. The molecule has 0 amide bonds. The number of ketones is 1. The van der Waals surface area contributed by atoms with E-state index in [2.05, 4.69) is 4.99 Å². The van der Waals surface area contributed by atoms with Gasteiger partial charge in [0.05, 0.1) is 6.54 Å². The van der Waals surface area contributed by atoms with Gasteiger partial charge < -0.3 is 0 Å². The summed E-state index contributed by atoms with van der Waals surface area (Å²) < 4.78 is 0. The summed E-state index contributed by atoms with van der Waals surface area (Å²) in [5.74, 6) is 0.285. The third-order valence-electron chi connectivity index (χ3n) is 1.28. The predicted molar refractivity (Wildman–Crippen MR) is 47.2 cm³/mol. The Bertz CT molecular complexity index is 206. The van der Waals surface area contributed by atoms with Gasteiger partial charge in [0, 0.05) is 5.92 Å². The Labute approximate surface area is 64.3 Å². The van der Waals surface area contributed by atoms with Crippen molar-refractivity contribution in [2.24, 2.45) is 10.9 Å². The largest absolute Gasteiger partial charge is 0.292 e. The lowest BCUT2D eigenvalue weighted by molar-refractivity contribution is -0.115. The van der Waals surface area contributed by atoms with E-state index in [-0.39, 0.29) is 11.7 Å².